The Balaban J connectivity index is -0.0000000200. The molecule has 3 heteroatoms. The van der Waals surface area contributed by atoms with Crippen molar-refractivity contribution in [3.05, 3.63) is 0 Å². The molecule has 22 valence electrons. The predicted molar refractivity (Wildman–Crippen MR) is 17.1 cm³/mol. The Morgan fingerprint density at radius 1 is 2.00 bits per heavy atom. The fourth-order valence-corrected chi connectivity index (χ4v) is 0. The Kier molecular flexibility index (Phi) is 19.9. The predicted octanol–water partition coefficient (Wildman–Crippen LogP) is -2.41. The van der Waals surface area contributed by atoms with Crippen molar-refractivity contribution in [3.8, 4) is 0 Å². The smallest absolute Gasteiger partial charge is 1.00 e. The molecule has 0 heterocycles. The van der Waals surface area contributed by atoms with Gasteiger partial charge in [0.25, 0.3) is 0 Å². The summed E-state index contributed by atoms with van der Waals surface area (Å²) in [4.78, 5) is 0. The average Bonchev–Trinajstić information content (AvgIpc) is 0.918. The van der Waals surface area contributed by atoms with Gasteiger partial charge in [-0.3, -0.25) is 0 Å². The van der Waals surface area contributed by atoms with Crippen molar-refractivity contribution >= 4 is 12.9 Å². The third-order valence-corrected chi connectivity index (χ3v) is 0. The van der Waals surface area contributed by atoms with Crippen LogP contribution < -0.4 is 29.6 Å². The van der Waals surface area contributed by atoms with Gasteiger partial charge in [0, 0.05) is 7.11 Å². The molecule has 0 aliphatic carbocycles. The molecular weight excluding hydrogens is 83.1 g/mol. The van der Waals surface area contributed by atoms with E-state index in [1.54, 1.807) is 0 Å². The molecule has 0 saturated heterocycles. The molecule has 0 aromatic heterocycles. The Morgan fingerprint density at radius 3 is 2.00 bits per heavy atom. The van der Waals surface area contributed by atoms with Gasteiger partial charge in [-0.05, 0) is 12.9 Å². The summed E-state index contributed by atoms with van der Waals surface area (Å²) in [7, 11) is 1.49. The van der Waals surface area contributed by atoms with E-state index in [4.69, 9.17) is 0 Å². The van der Waals surface area contributed by atoms with E-state index in [-0.39, 0.29) is 31.0 Å². The first-order valence-electron chi connectivity index (χ1n) is 0.591. The Labute approximate surface area is 55.1 Å². The van der Waals surface area contributed by atoms with Crippen LogP contribution >= 0.6 is 12.9 Å². The maximum atomic E-state index is 3.94. The van der Waals surface area contributed by atoms with Crippen molar-refractivity contribution in [3.63, 3.8) is 0 Å². The quantitative estimate of drug-likeness (QED) is 0.197. The van der Waals surface area contributed by atoms with Crippen LogP contribution in [0.15, 0.2) is 0 Å². The summed E-state index contributed by atoms with van der Waals surface area (Å²) in [6, 6.07) is 0. The second kappa shape index (κ2) is 8.85. The Morgan fingerprint density at radius 2 is 2.00 bits per heavy atom. The summed E-state index contributed by atoms with van der Waals surface area (Å²) in [5.41, 5.74) is 0. The van der Waals surface area contributed by atoms with E-state index in [1.165, 1.54) is 7.11 Å². The van der Waals surface area contributed by atoms with Gasteiger partial charge < -0.3 is 5.61 Å². The molecule has 0 rings (SSSR count). The topological polar surface area (TPSA) is 9.23 Å². The summed E-state index contributed by atoms with van der Waals surface area (Å²) in [6.45, 7) is 0. The molecule has 0 spiro atoms. The summed E-state index contributed by atoms with van der Waals surface area (Å²) in [6.07, 6.45) is 0. The van der Waals surface area contributed by atoms with E-state index in [2.05, 4.69) is 17.1 Å². The normalized spacial score (nSPS) is 4.50. The number of hydrogen-bond donors (Lipinski definition) is 1. The minimum atomic E-state index is 0. The molecule has 0 N–H and O–H groups in total. The molecule has 1 nitrogen and oxygen atoms in total. The average molecular weight is 88.1 g/mol. The van der Waals surface area contributed by atoms with Gasteiger partial charge >= 0.3 is 29.6 Å². The van der Waals surface area contributed by atoms with Crippen LogP contribution in [0.4, 0.5) is 0 Å². The molecule has 0 aromatic rings. The number of rotatable bonds is 0. The maximum absolute atomic E-state index is 3.94. The van der Waals surface area contributed by atoms with Crippen LogP contribution in [-0.4, -0.2) is 7.11 Å². The van der Waals surface area contributed by atoms with Gasteiger partial charge in [0.15, 0.2) is 0 Å². The monoisotopic (exact) mass is 88.0 g/mol. The van der Waals surface area contributed by atoms with Crippen molar-refractivity contribution in [2.24, 2.45) is 0 Å². The molecule has 0 bridgehead atoms. The zero-order valence-corrected chi connectivity index (χ0v) is 5.75. The third kappa shape index (κ3) is 10.3. The minimum Gasteiger partial charge on any atom is -1.00 e. The summed E-state index contributed by atoms with van der Waals surface area (Å²) < 4.78 is 3.94. The van der Waals surface area contributed by atoms with Gasteiger partial charge in [-0.25, -0.2) is 0 Å². The largest absolute Gasteiger partial charge is 1.00 e. The van der Waals surface area contributed by atoms with Crippen LogP contribution in [0.1, 0.15) is 1.43 Å². The van der Waals surface area contributed by atoms with Gasteiger partial charge in [0.2, 0.25) is 0 Å². The zero-order valence-electron chi connectivity index (χ0n) is 3.86. The molecule has 0 saturated carbocycles. The van der Waals surface area contributed by atoms with Gasteiger partial charge in [0.1, 0.15) is 0 Å². The first-order chi connectivity index (χ1) is 1.41. The van der Waals surface area contributed by atoms with E-state index < -0.39 is 0 Å². The van der Waals surface area contributed by atoms with Crippen LogP contribution in [0.5, 0.6) is 0 Å². The number of thiol groups is 1. The molecule has 0 aromatic carbocycles. The molecule has 0 atom stereocenters. The van der Waals surface area contributed by atoms with E-state index in [1.807, 2.05) is 0 Å². The molecule has 0 aliphatic heterocycles. The SMILES string of the molecule is COS.[H-].[Na+]. The van der Waals surface area contributed by atoms with Gasteiger partial charge in [0.05, 0.1) is 0 Å². The first-order valence-corrected chi connectivity index (χ1v) is 0.956. The van der Waals surface area contributed by atoms with Crippen molar-refractivity contribution in [1.82, 2.24) is 0 Å². The molecule has 4 heavy (non-hydrogen) atoms. The summed E-state index contributed by atoms with van der Waals surface area (Å²) in [5.74, 6) is 0. The fourth-order valence-electron chi connectivity index (χ4n) is 0. The van der Waals surface area contributed by atoms with Crippen LogP contribution in [0.25, 0.3) is 0 Å². The van der Waals surface area contributed by atoms with Crippen molar-refractivity contribution < 1.29 is 35.2 Å². The minimum absolute atomic E-state index is 0. The van der Waals surface area contributed by atoms with Gasteiger partial charge in [-0.1, -0.05) is 0 Å². The Bertz CT molecular complexity index is 11.6. The van der Waals surface area contributed by atoms with Crippen LogP contribution in [0, 0.1) is 0 Å². The summed E-state index contributed by atoms with van der Waals surface area (Å²) >= 11 is 3.29. The van der Waals surface area contributed by atoms with Gasteiger partial charge in [-0.2, -0.15) is 0 Å². The molecular formula is CH5NaOS. The number of hydrogen-bond acceptors (Lipinski definition) is 2. The van der Waals surface area contributed by atoms with E-state index in [0.29, 0.717) is 0 Å². The molecule has 0 unspecified atom stereocenters. The van der Waals surface area contributed by atoms with E-state index >= 15 is 0 Å². The second-order valence-corrected chi connectivity index (χ2v) is 0.548. The molecule has 0 amide bonds. The van der Waals surface area contributed by atoms with Crippen molar-refractivity contribution in [2.45, 2.75) is 0 Å². The summed E-state index contributed by atoms with van der Waals surface area (Å²) in [5, 5.41) is 0. The van der Waals surface area contributed by atoms with Crippen LogP contribution in [0.3, 0.4) is 0 Å². The van der Waals surface area contributed by atoms with Crippen LogP contribution in [-0.2, 0) is 4.18 Å². The first kappa shape index (κ1) is 9.00. The molecule has 0 aliphatic rings. The van der Waals surface area contributed by atoms with E-state index in [0.717, 1.165) is 0 Å². The molecule has 0 fully saturated rings. The van der Waals surface area contributed by atoms with Crippen LogP contribution in [0.2, 0.25) is 0 Å². The van der Waals surface area contributed by atoms with Crippen molar-refractivity contribution in [2.75, 3.05) is 7.11 Å². The second-order valence-electron chi connectivity index (χ2n) is 0.183. The van der Waals surface area contributed by atoms with Crippen molar-refractivity contribution in [1.29, 1.82) is 0 Å². The maximum Gasteiger partial charge on any atom is 1.00 e. The van der Waals surface area contributed by atoms with E-state index in [9.17, 15) is 0 Å². The Hall–Kier alpha value is 1.31. The third-order valence-electron chi connectivity index (χ3n) is 0. The molecule has 0 radical (unpaired) electrons. The standard InChI is InChI=1S/CH4OS.Na.H/c1-2-3;;/h3H,1H3;;/q;+1;-1. The van der Waals surface area contributed by atoms with Gasteiger partial charge in [-0.15, -0.1) is 0 Å². The fraction of sp³-hybridized carbons (Fsp3) is 1.00. The zero-order chi connectivity index (χ0) is 2.71.